The number of nitrogens with zero attached hydrogens (tertiary/aromatic N) is 2. The normalized spacial score (nSPS) is 10.6. The van der Waals surface area contributed by atoms with Crippen LogP contribution in [0.15, 0.2) is 28.7 Å². The lowest BCUT2D eigenvalue weighted by Gasteiger charge is -2.10. The molecule has 116 valence electrons. The van der Waals surface area contributed by atoms with Gasteiger partial charge in [-0.15, -0.1) is 11.3 Å². The zero-order valence-corrected chi connectivity index (χ0v) is 13.0. The minimum Gasteiger partial charge on any atom is -0.493 e. The molecule has 0 aliphatic rings. The van der Waals surface area contributed by atoms with Crippen molar-refractivity contribution >= 4 is 23.6 Å². The summed E-state index contributed by atoms with van der Waals surface area (Å²) in [5.41, 5.74) is 8.66. The third-order valence-electron chi connectivity index (χ3n) is 2.62. The van der Waals surface area contributed by atoms with Crippen LogP contribution in [0.3, 0.4) is 0 Å². The number of carbonyl (C=O) groups excluding carboxylic acids is 1. The van der Waals surface area contributed by atoms with Gasteiger partial charge < -0.3 is 15.2 Å². The van der Waals surface area contributed by atoms with Crippen LogP contribution in [0.4, 0.5) is 4.79 Å². The maximum atomic E-state index is 10.5. The van der Waals surface area contributed by atoms with Crippen molar-refractivity contribution in [2.45, 2.75) is 13.5 Å². The van der Waals surface area contributed by atoms with E-state index in [-0.39, 0.29) is 0 Å². The van der Waals surface area contributed by atoms with Crippen molar-refractivity contribution < 1.29 is 14.3 Å². The first kappa shape index (κ1) is 15.8. The van der Waals surface area contributed by atoms with Crippen molar-refractivity contribution in [1.82, 2.24) is 10.4 Å². The SMILES string of the molecule is COc1cc(/C=N\NC(N)=O)ccc1OCc1csc(C)n1. The van der Waals surface area contributed by atoms with Gasteiger partial charge in [0.1, 0.15) is 6.61 Å². The highest BCUT2D eigenvalue weighted by atomic mass is 32.1. The fourth-order valence-electron chi connectivity index (χ4n) is 1.68. The predicted octanol–water partition coefficient (Wildman–Crippen LogP) is 2.04. The first-order chi connectivity index (χ1) is 10.6. The molecule has 0 fully saturated rings. The summed E-state index contributed by atoms with van der Waals surface area (Å²) in [7, 11) is 1.55. The third-order valence-corrected chi connectivity index (χ3v) is 3.44. The van der Waals surface area contributed by atoms with E-state index in [1.807, 2.05) is 12.3 Å². The molecule has 0 radical (unpaired) electrons. The molecule has 1 aromatic heterocycles. The molecule has 0 atom stereocenters. The van der Waals surface area contributed by atoms with Crippen molar-refractivity contribution in [3.8, 4) is 11.5 Å². The highest BCUT2D eigenvalue weighted by Crippen LogP contribution is 2.28. The van der Waals surface area contributed by atoms with Gasteiger partial charge in [0.05, 0.1) is 24.0 Å². The molecule has 8 heteroatoms. The second-order valence-electron chi connectivity index (χ2n) is 4.29. The van der Waals surface area contributed by atoms with Crippen molar-refractivity contribution in [1.29, 1.82) is 0 Å². The molecular weight excluding hydrogens is 304 g/mol. The molecular formula is C14H16N4O3S. The smallest absolute Gasteiger partial charge is 0.332 e. The van der Waals surface area contributed by atoms with Gasteiger partial charge in [-0.2, -0.15) is 5.10 Å². The molecule has 0 spiro atoms. The van der Waals surface area contributed by atoms with Crippen LogP contribution in [-0.4, -0.2) is 24.3 Å². The van der Waals surface area contributed by atoms with Crippen molar-refractivity contribution in [2.75, 3.05) is 7.11 Å². The van der Waals surface area contributed by atoms with Crippen LogP contribution in [0.25, 0.3) is 0 Å². The van der Waals surface area contributed by atoms with E-state index in [2.05, 4.69) is 15.5 Å². The quantitative estimate of drug-likeness (QED) is 0.628. The summed E-state index contributed by atoms with van der Waals surface area (Å²) in [4.78, 5) is 14.9. The lowest BCUT2D eigenvalue weighted by molar-refractivity contribution is 0.249. The minimum atomic E-state index is -0.721. The van der Waals surface area contributed by atoms with E-state index >= 15 is 0 Å². The highest BCUT2D eigenvalue weighted by molar-refractivity contribution is 7.09. The Morgan fingerprint density at radius 1 is 1.50 bits per heavy atom. The molecule has 0 saturated heterocycles. The summed E-state index contributed by atoms with van der Waals surface area (Å²) in [6.45, 7) is 2.32. The van der Waals surface area contributed by atoms with E-state index in [4.69, 9.17) is 15.2 Å². The molecule has 0 aliphatic carbocycles. The van der Waals surface area contributed by atoms with Crippen LogP contribution in [-0.2, 0) is 6.61 Å². The number of aromatic nitrogens is 1. The third kappa shape index (κ3) is 4.45. The molecule has 1 heterocycles. The second-order valence-corrected chi connectivity index (χ2v) is 5.35. The number of aryl methyl sites for hydroxylation is 1. The number of amides is 2. The summed E-state index contributed by atoms with van der Waals surface area (Å²) in [6, 6.07) is 4.58. The molecule has 2 amide bonds. The number of rotatable bonds is 6. The number of hydrazone groups is 1. The Morgan fingerprint density at radius 3 is 2.95 bits per heavy atom. The van der Waals surface area contributed by atoms with Gasteiger partial charge in [0.25, 0.3) is 0 Å². The highest BCUT2D eigenvalue weighted by Gasteiger charge is 2.07. The first-order valence-electron chi connectivity index (χ1n) is 6.39. The summed E-state index contributed by atoms with van der Waals surface area (Å²) >= 11 is 1.58. The van der Waals surface area contributed by atoms with Crippen LogP contribution in [0, 0.1) is 6.92 Å². The molecule has 0 unspecified atom stereocenters. The van der Waals surface area contributed by atoms with E-state index in [0.717, 1.165) is 16.3 Å². The Balaban J connectivity index is 2.05. The van der Waals surface area contributed by atoms with Gasteiger partial charge in [-0.05, 0) is 30.7 Å². The molecule has 2 rings (SSSR count). The fraction of sp³-hybridized carbons (Fsp3) is 0.214. The van der Waals surface area contributed by atoms with Crippen molar-refractivity contribution in [2.24, 2.45) is 10.8 Å². The lowest BCUT2D eigenvalue weighted by Crippen LogP contribution is -2.24. The minimum absolute atomic E-state index is 0.372. The second kappa shape index (κ2) is 7.41. The number of hydrogen-bond donors (Lipinski definition) is 2. The van der Waals surface area contributed by atoms with Gasteiger partial charge in [-0.25, -0.2) is 15.2 Å². The van der Waals surface area contributed by atoms with Gasteiger partial charge >= 0.3 is 6.03 Å². The van der Waals surface area contributed by atoms with Crippen LogP contribution >= 0.6 is 11.3 Å². The Bertz CT molecular complexity index is 684. The number of hydrogen-bond acceptors (Lipinski definition) is 6. The predicted molar refractivity (Wildman–Crippen MR) is 84.5 cm³/mol. The summed E-state index contributed by atoms with van der Waals surface area (Å²) in [6.07, 6.45) is 1.46. The fourth-order valence-corrected chi connectivity index (χ4v) is 2.28. The molecule has 0 bridgehead atoms. The topological polar surface area (TPSA) is 98.8 Å². The monoisotopic (exact) mass is 320 g/mol. The number of ether oxygens (including phenoxy) is 2. The van der Waals surface area contributed by atoms with Gasteiger partial charge in [0, 0.05) is 5.38 Å². The number of urea groups is 1. The standard InChI is InChI=1S/C14H16N4O3S/c1-9-17-11(8-22-9)7-21-12-4-3-10(5-13(12)20-2)6-16-18-14(15)19/h3-6,8H,7H2,1-2H3,(H3,15,18,19)/b16-6-. The van der Waals surface area contributed by atoms with Crippen LogP contribution in [0.1, 0.15) is 16.3 Å². The van der Waals surface area contributed by atoms with Gasteiger partial charge in [-0.1, -0.05) is 0 Å². The summed E-state index contributed by atoms with van der Waals surface area (Å²) in [5.74, 6) is 1.17. The maximum absolute atomic E-state index is 10.5. The Hall–Kier alpha value is -2.61. The average Bonchev–Trinajstić information content (AvgIpc) is 2.91. The Labute approximate surface area is 131 Å². The number of primary amides is 1. The summed E-state index contributed by atoms with van der Waals surface area (Å²) in [5, 5.41) is 6.64. The van der Waals surface area contributed by atoms with E-state index in [1.165, 1.54) is 6.21 Å². The molecule has 3 N–H and O–H groups in total. The van der Waals surface area contributed by atoms with E-state index in [0.29, 0.717) is 18.1 Å². The maximum Gasteiger partial charge on any atom is 0.332 e. The average molecular weight is 320 g/mol. The number of carbonyl (C=O) groups is 1. The number of nitrogens with two attached hydrogens (primary N) is 1. The van der Waals surface area contributed by atoms with Crippen LogP contribution < -0.4 is 20.6 Å². The largest absolute Gasteiger partial charge is 0.493 e. The molecule has 0 saturated carbocycles. The molecule has 7 nitrogen and oxygen atoms in total. The van der Waals surface area contributed by atoms with Gasteiger partial charge in [0.2, 0.25) is 0 Å². The van der Waals surface area contributed by atoms with Gasteiger partial charge in [-0.3, -0.25) is 0 Å². The molecule has 2 aromatic rings. The number of nitrogens with one attached hydrogen (secondary N) is 1. The van der Waals surface area contributed by atoms with E-state index < -0.39 is 6.03 Å². The van der Waals surface area contributed by atoms with Crippen molar-refractivity contribution in [3.05, 3.63) is 39.8 Å². The van der Waals surface area contributed by atoms with Crippen molar-refractivity contribution in [3.63, 3.8) is 0 Å². The van der Waals surface area contributed by atoms with E-state index in [1.54, 1.807) is 36.6 Å². The molecule has 22 heavy (non-hydrogen) atoms. The zero-order chi connectivity index (χ0) is 15.9. The number of methoxy groups -OCH3 is 1. The lowest BCUT2D eigenvalue weighted by atomic mass is 10.2. The molecule has 1 aromatic carbocycles. The van der Waals surface area contributed by atoms with Crippen LogP contribution in [0.5, 0.6) is 11.5 Å². The molecule has 0 aliphatic heterocycles. The Kier molecular flexibility index (Phi) is 5.31. The van der Waals surface area contributed by atoms with Gasteiger partial charge in [0.15, 0.2) is 11.5 Å². The van der Waals surface area contributed by atoms with Crippen LogP contribution in [0.2, 0.25) is 0 Å². The number of thiazole rings is 1. The Morgan fingerprint density at radius 2 is 2.32 bits per heavy atom. The summed E-state index contributed by atoms with van der Waals surface area (Å²) < 4.78 is 11.0. The zero-order valence-electron chi connectivity index (χ0n) is 12.2. The van der Waals surface area contributed by atoms with E-state index in [9.17, 15) is 4.79 Å². The first-order valence-corrected chi connectivity index (χ1v) is 7.27. The number of benzene rings is 1.